The lowest BCUT2D eigenvalue weighted by Crippen LogP contribution is -2.28. The minimum absolute atomic E-state index is 0.211. The van der Waals surface area contributed by atoms with Crippen molar-refractivity contribution in [1.29, 1.82) is 0 Å². The third-order valence-electron chi connectivity index (χ3n) is 2.21. The molecular formula is C11H8FN3O2. The van der Waals surface area contributed by atoms with Crippen LogP contribution in [-0.4, -0.2) is 15.5 Å². The number of carbonyl (C=O) groups is 1. The lowest BCUT2D eigenvalue weighted by molar-refractivity contribution is 0.0998. The van der Waals surface area contributed by atoms with E-state index >= 15 is 0 Å². The van der Waals surface area contributed by atoms with E-state index in [1.165, 1.54) is 30.6 Å². The molecule has 0 bridgehead atoms. The summed E-state index contributed by atoms with van der Waals surface area (Å²) in [6.07, 6.45) is 2.34. The fourth-order valence-corrected chi connectivity index (χ4v) is 1.37. The minimum atomic E-state index is -0.848. The van der Waals surface area contributed by atoms with E-state index in [0.29, 0.717) is 5.69 Å². The molecule has 1 aromatic heterocycles. The van der Waals surface area contributed by atoms with E-state index in [1.54, 1.807) is 0 Å². The van der Waals surface area contributed by atoms with Crippen LogP contribution in [0.5, 0.6) is 0 Å². The van der Waals surface area contributed by atoms with Crippen LogP contribution in [0.3, 0.4) is 0 Å². The average Bonchev–Trinajstić information content (AvgIpc) is 2.30. The summed E-state index contributed by atoms with van der Waals surface area (Å²) < 4.78 is 13.9. The first kappa shape index (κ1) is 11.0. The number of carbonyl (C=O) groups excluding carboxylic acids is 1. The number of nitrogens with two attached hydrogens (primary N) is 1. The Morgan fingerprint density at radius 3 is 2.53 bits per heavy atom. The predicted molar refractivity (Wildman–Crippen MR) is 58.3 cm³/mol. The number of rotatable bonds is 2. The maximum Gasteiger partial charge on any atom is 0.270 e. The maximum absolute atomic E-state index is 12.7. The van der Waals surface area contributed by atoms with Crippen molar-refractivity contribution in [2.24, 2.45) is 5.73 Å². The van der Waals surface area contributed by atoms with E-state index in [0.717, 1.165) is 10.8 Å². The molecule has 0 radical (unpaired) electrons. The Labute approximate surface area is 95.3 Å². The summed E-state index contributed by atoms with van der Waals surface area (Å²) in [6.45, 7) is 0. The molecule has 86 valence electrons. The molecule has 1 aromatic carbocycles. The molecule has 6 heteroatoms. The molecule has 2 rings (SSSR count). The molecule has 0 spiro atoms. The van der Waals surface area contributed by atoms with E-state index in [-0.39, 0.29) is 5.56 Å². The van der Waals surface area contributed by atoms with Crippen LogP contribution in [0.2, 0.25) is 0 Å². The normalized spacial score (nSPS) is 10.2. The van der Waals surface area contributed by atoms with Gasteiger partial charge in [0.15, 0.2) is 0 Å². The van der Waals surface area contributed by atoms with Gasteiger partial charge in [-0.25, -0.2) is 9.37 Å². The van der Waals surface area contributed by atoms with Gasteiger partial charge in [-0.05, 0) is 24.3 Å². The fourth-order valence-electron chi connectivity index (χ4n) is 1.37. The molecule has 1 heterocycles. The average molecular weight is 233 g/mol. The van der Waals surface area contributed by atoms with Crippen molar-refractivity contribution in [2.45, 2.75) is 0 Å². The number of benzene rings is 1. The third-order valence-corrected chi connectivity index (χ3v) is 2.21. The number of hydrogen-bond acceptors (Lipinski definition) is 3. The van der Waals surface area contributed by atoms with Crippen LogP contribution in [0.15, 0.2) is 41.6 Å². The number of hydrogen-bond donors (Lipinski definition) is 1. The largest absolute Gasteiger partial charge is 0.365 e. The first-order valence-electron chi connectivity index (χ1n) is 4.72. The van der Waals surface area contributed by atoms with E-state index in [9.17, 15) is 14.0 Å². The zero-order valence-electron chi connectivity index (χ0n) is 8.63. The van der Waals surface area contributed by atoms with Gasteiger partial charge >= 0.3 is 0 Å². The molecule has 5 nitrogen and oxygen atoms in total. The molecule has 0 aliphatic heterocycles. The zero-order valence-corrected chi connectivity index (χ0v) is 8.63. The van der Waals surface area contributed by atoms with Crippen molar-refractivity contribution in [1.82, 2.24) is 9.55 Å². The number of primary amides is 1. The van der Waals surface area contributed by atoms with E-state index < -0.39 is 17.3 Å². The van der Waals surface area contributed by atoms with Crippen molar-refractivity contribution in [2.75, 3.05) is 0 Å². The smallest absolute Gasteiger partial charge is 0.270 e. The first-order chi connectivity index (χ1) is 8.09. The van der Waals surface area contributed by atoms with Crippen LogP contribution in [0.25, 0.3) is 5.69 Å². The topological polar surface area (TPSA) is 78.0 Å². The van der Waals surface area contributed by atoms with Crippen LogP contribution < -0.4 is 11.3 Å². The van der Waals surface area contributed by atoms with Crippen molar-refractivity contribution in [3.63, 3.8) is 0 Å². The summed E-state index contributed by atoms with van der Waals surface area (Å²) in [6, 6.07) is 5.23. The van der Waals surface area contributed by atoms with Gasteiger partial charge in [-0.15, -0.1) is 0 Å². The minimum Gasteiger partial charge on any atom is -0.365 e. The summed E-state index contributed by atoms with van der Waals surface area (Å²) >= 11 is 0. The van der Waals surface area contributed by atoms with Crippen molar-refractivity contribution < 1.29 is 9.18 Å². The molecule has 2 aromatic rings. The predicted octanol–water partition coefficient (Wildman–Crippen LogP) is 0.470. The number of aromatic nitrogens is 2. The molecule has 0 saturated heterocycles. The van der Waals surface area contributed by atoms with Crippen LogP contribution in [0.1, 0.15) is 10.4 Å². The molecule has 1 amide bonds. The Kier molecular flexibility index (Phi) is 2.70. The number of amides is 1. The quantitative estimate of drug-likeness (QED) is 0.818. The molecule has 0 fully saturated rings. The molecule has 0 atom stereocenters. The van der Waals surface area contributed by atoms with Gasteiger partial charge in [-0.1, -0.05) is 0 Å². The highest BCUT2D eigenvalue weighted by atomic mass is 19.1. The molecule has 0 aliphatic carbocycles. The fraction of sp³-hybridized carbons (Fsp3) is 0. The van der Waals surface area contributed by atoms with Crippen LogP contribution in [0, 0.1) is 5.82 Å². The highest BCUT2D eigenvalue weighted by Crippen LogP contribution is 2.06. The van der Waals surface area contributed by atoms with Crippen molar-refractivity contribution >= 4 is 5.91 Å². The second-order valence-electron chi connectivity index (χ2n) is 3.32. The second-order valence-corrected chi connectivity index (χ2v) is 3.32. The summed E-state index contributed by atoms with van der Waals surface area (Å²) in [5.74, 6) is -1.26. The summed E-state index contributed by atoms with van der Waals surface area (Å²) in [4.78, 5) is 26.5. The standard InChI is InChI=1S/C11H8FN3O2/c12-7-1-3-8(4-2-7)15-6-14-5-9(10(13)16)11(15)17/h1-6H,(H2,13,16). The van der Waals surface area contributed by atoms with Gasteiger partial charge in [0, 0.05) is 6.20 Å². The number of nitrogens with zero attached hydrogens (tertiary/aromatic N) is 2. The van der Waals surface area contributed by atoms with Gasteiger partial charge in [-0.2, -0.15) is 0 Å². The van der Waals surface area contributed by atoms with Gasteiger partial charge in [-0.3, -0.25) is 14.2 Å². The molecule has 17 heavy (non-hydrogen) atoms. The molecular weight excluding hydrogens is 225 g/mol. The van der Waals surface area contributed by atoms with Crippen LogP contribution >= 0.6 is 0 Å². The molecule has 0 aliphatic rings. The second kappa shape index (κ2) is 4.17. The van der Waals surface area contributed by atoms with Crippen LogP contribution in [-0.2, 0) is 0 Å². The van der Waals surface area contributed by atoms with E-state index in [1.807, 2.05) is 0 Å². The van der Waals surface area contributed by atoms with E-state index in [2.05, 4.69) is 4.98 Å². The van der Waals surface area contributed by atoms with Crippen molar-refractivity contribution in [3.8, 4) is 5.69 Å². The van der Waals surface area contributed by atoms with Gasteiger partial charge in [0.2, 0.25) is 0 Å². The highest BCUT2D eigenvalue weighted by Gasteiger charge is 2.10. The molecule has 0 unspecified atom stereocenters. The van der Waals surface area contributed by atoms with Gasteiger partial charge in [0.1, 0.15) is 17.7 Å². The maximum atomic E-state index is 12.7. The zero-order chi connectivity index (χ0) is 12.4. The lowest BCUT2D eigenvalue weighted by atomic mass is 10.3. The Hall–Kier alpha value is -2.50. The van der Waals surface area contributed by atoms with Gasteiger partial charge in [0.25, 0.3) is 11.5 Å². The van der Waals surface area contributed by atoms with Gasteiger partial charge < -0.3 is 5.73 Å². The summed E-state index contributed by atoms with van der Waals surface area (Å²) in [7, 11) is 0. The first-order valence-corrected chi connectivity index (χ1v) is 4.72. The molecule has 2 N–H and O–H groups in total. The number of halogens is 1. The highest BCUT2D eigenvalue weighted by molar-refractivity contribution is 5.92. The van der Waals surface area contributed by atoms with E-state index in [4.69, 9.17) is 5.73 Å². The Balaban J connectivity index is 2.61. The van der Waals surface area contributed by atoms with Gasteiger partial charge in [0.05, 0.1) is 5.69 Å². The lowest BCUT2D eigenvalue weighted by Gasteiger charge is -2.05. The Bertz CT molecular complexity index is 619. The van der Waals surface area contributed by atoms with Crippen LogP contribution in [0.4, 0.5) is 4.39 Å². The Morgan fingerprint density at radius 1 is 1.29 bits per heavy atom. The monoisotopic (exact) mass is 233 g/mol. The summed E-state index contributed by atoms with van der Waals surface area (Å²) in [5.41, 5.74) is 4.65. The summed E-state index contributed by atoms with van der Waals surface area (Å²) in [5, 5.41) is 0. The molecule has 0 saturated carbocycles. The SMILES string of the molecule is NC(=O)c1cncn(-c2ccc(F)cc2)c1=O. The van der Waals surface area contributed by atoms with Crippen molar-refractivity contribution in [3.05, 3.63) is 58.5 Å². The Morgan fingerprint density at radius 2 is 1.94 bits per heavy atom. The third kappa shape index (κ3) is 2.05.